The normalized spacial score (nSPS) is 11.2. The quantitative estimate of drug-likeness (QED) is 0.485. The van der Waals surface area contributed by atoms with Gasteiger partial charge in [-0.15, -0.1) is 0 Å². The summed E-state index contributed by atoms with van der Waals surface area (Å²) in [4.78, 5) is 10.8. The molecule has 0 aromatic carbocycles. The molecule has 0 bridgehead atoms. The molecule has 0 aromatic heterocycles. The van der Waals surface area contributed by atoms with Gasteiger partial charge in [0.25, 0.3) is 0 Å². The Bertz CT molecular complexity index is 247. The fraction of sp³-hybridized carbons (Fsp3) is 0.857. The van der Waals surface area contributed by atoms with Crippen molar-refractivity contribution in [1.82, 2.24) is 5.32 Å². The molecule has 5 nitrogen and oxygen atoms in total. The van der Waals surface area contributed by atoms with Crippen LogP contribution >= 0.6 is 0 Å². The Labute approximate surface area is 78.3 Å². The summed E-state index contributed by atoms with van der Waals surface area (Å²) in [6.45, 7) is 2.13. The maximum Gasteiger partial charge on any atom is 0.219 e. The minimum atomic E-state index is -4.14. The average molecular weight is 208 g/mol. The van der Waals surface area contributed by atoms with Crippen molar-refractivity contribution in [2.45, 2.75) is 26.2 Å². The number of amides is 1. The van der Waals surface area contributed by atoms with Gasteiger partial charge in [0.05, 0.1) is 10.1 Å². The van der Waals surface area contributed by atoms with E-state index >= 15 is 0 Å². The molecule has 0 fully saturated rings. The van der Waals surface area contributed by atoms with E-state index in [1.807, 2.05) is 6.92 Å². The molecule has 0 heterocycles. The highest BCUT2D eigenvalue weighted by Gasteiger charge is 1.99. The first-order chi connectivity index (χ1) is 5.95. The highest BCUT2D eigenvalue weighted by molar-refractivity contribution is 7.85. The fourth-order valence-corrected chi connectivity index (χ4v) is 1.29. The van der Waals surface area contributed by atoms with Crippen molar-refractivity contribution in [3.63, 3.8) is 0 Å². The van der Waals surface area contributed by atoms with E-state index in [0.29, 0.717) is 6.42 Å². The van der Waals surface area contributed by atoms with Gasteiger partial charge in [-0.05, 0) is 12.8 Å². The summed E-state index contributed by atoms with van der Waals surface area (Å²) in [5.41, 5.74) is 0. The van der Waals surface area contributed by atoms with Crippen LogP contribution in [0.4, 0.5) is 0 Å². The van der Waals surface area contributed by atoms with Crippen molar-refractivity contribution in [2.24, 2.45) is 0 Å². The van der Waals surface area contributed by atoms with E-state index in [1.54, 1.807) is 0 Å². The highest BCUT2D eigenvalue weighted by atomic mass is 32.2. The molecule has 0 aromatic rings. The Morgan fingerprint density at radius 3 is 2.54 bits per heavy atom. The van der Waals surface area contributed by atoms with Crippen LogP contribution in [0.25, 0.3) is 0 Å². The summed E-state index contributed by atoms with van der Waals surface area (Å²) in [5, 5.41) is 2.51. The summed E-state index contributed by atoms with van der Waals surface area (Å²) in [6.07, 6.45) is 1.37. The van der Waals surface area contributed by atoms with E-state index < -0.39 is 15.9 Å². The lowest BCUT2D eigenvalue weighted by Gasteiger charge is -2.06. The lowest BCUT2D eigenvalue weighted by atomic mass is 10.3. The van der Waals surface area contributed by atoms with E-state index in [2.05, 4.69) is 5.32 Å². The molecule has 0 radical (unpaired) electrons. The van der Waals surface area contributed by atoms with Crippen LogP contribution in [-0.4, -0.2) is 31.2 Å². The van der Waals surface area contributed by atoms with Gasteiger partial charge in [-0.3, -0.25) is 4.79 Å². The molecule has 78 valence electrons. The topological polar surface area (TPSA) is 86.3 Å². The highest BCUT2D eigenvalue weighted by Crippen LogP contribution is 1.88. The molecule has 13 heavy (non-hydrogen) atoms. The van der Waals surface area contributed by atoms with Gasteiger partial charge in [0.1, 0.15) is 0 Å². The average Bonchev–Trinajstić information content (AvgIpc) is 1.97. The zero-order chi connectivity index (χ0) is 10.3. The van der Waals surface area contributed by atoms with Crippen molar-refractivity contribution < 1.29 is 17.8 Å². The number of rotatable bonds is 6. The number of carbonyl (C=O) groups excluding carboxylic acids is 1. The third-order valence-electron chi connectivity index (χ3n) is 1.37. The van der Waals surface area contributed by atoms with Crippen LogP contribution in [0.3, 0.4) is 0 Å². The van der Waals surface area contributed by atoms with Crippen LogP contribution in [0, 0.1) is 0 Å². The van der Waals surface area contributed by atoms with Crippen LogP contribution in [-0.2, 0) is 14.9 Å². The van der Waals surface area contributed by atoms with Gasteiger partial charge in [-0.25, -0.2) is 8.42 Å². The standard InChI is InChI=1S/C7H15NO4S/c1-2-4-7(9)8-5-3-6-13(10,11)12/h2-6H2,1H3,(H,8,9)(H,10,11,12)/p-1. The third-order valence-corrected chi connectivity index (χ3v) is 2.16. The van der Waals surface area contributed by atoms with Crippen LogP contribution in [0.15, 0.2) is 0 Å². The summed E-state index contributed by atoms with van der Waals surface area (Å²) in [5.74, 6) is -0.523. The first kappa shape index (κ1) is 12.4. The Morgan fingerprint density at radius 2 is 2.08 bits per heavy atom. The lowest BCUT2D eigenvalue weighted by Crippen LogP contribution is -2.25. The zero-order valence-corrected chi connectivity index (χ0v) is 8.39. The van der Waals surface area contributed by atoms with E-state index in [4.69, 9.17) is 0 Å². The maximum absolute atomic E-state index is 10.8. The molecule has 0 aliphatic rings. The number of nitrogens with one attached hydrogen (secondary N) is 1. The zero-order valence-electron chi connectivity index (χ0n) is 7.58. The predicted octanol–water partition coefficient (Wildman–Crippen LogP) is -0.162. The van der Waals surface area contributed by atoms with E-state index in [-0.39, 0.29) is 18.9 Å². The van der Waals surface area contributed by atoms with E-state index in [9.17, 15) is 17.8 Å². The Kier molecular flexibility index (Phi) is 5.65. The van der Waals surface area contributed by atoms with Gasteiger partial charge >= 0.3 is 0 Å². The second-order valence-corrected chi connectivity index (χ2v) is 4.24. The molecular weight excluding hydrogens is 194 g/mol. The van der Waals surface area contributed by atoms with Crippen LogP contribution < -0.4 is 5.32 Å². The van der Waals surface area contributed by atoms with Crippen LogP contribution in [0.1, 0.15) is 26.2 Å². The second-order valence-electron chi connectivity index (χ2n) is 2.72. The molecule has 0 saturated heterocycles. The van der Waals surface area contributed by atoms with E-state index in [1.165, 1.54) is 0 Å². The van der Waals surface area contributed by atoms with Crippen molar-refractivity contribution in [3.8, 4) is 0 Å². The third kappa shape index (κ3) is 9.29. The first-order valence-corrected chi connectivity index (χ1v) is 5.73. The molecule has 0 saturated carbocycles. The monoisotopic (exact) mass is 208 g/mol. The van der Waals surface area contributed by atoms with Gasteiger partial charge in [-0.1, -0.05) is 6.92 Å². The van der Waals surface area contributed by atoms with Gasteiger partial charge in [-0.2, -0.15) is 0 Å². The molecule has 0 atom stereocenters. The van der Waals surface area contributed by atoms with Crippen molar-refractivity contribution in [1.29, 1.82) is 0 Å². The molecule has 1 N–H and O–H groups in total. The molecule has 0 rings (SSSR count). The van der Waals surface area contributed by atoms with Gasteiger partial charge in [0, 0.05) is 18.7 Å². The Morgan fingerprint density at radius 1 is 1.46 bits per heavy atom. The number of hydrogen-bond donors (Lipinski definition) is 1. The van der Waals surface area contributed by atoms with Gasteiger partial charge in [0.2, 0.25) is 5.91 Å². The minimum absolute atomic E-state index is 0.106. The minimum Gasteiger partial charge on any atom is -0.748 e. The van der Waals surface area contributed by atoms with Crippen LogP contribution in [0.5, 0.6) is 0 Å². The predicted molar refractivity (Wildman–Crippen MR) is 47.1 cm³/mol. The molecule has 0 spiro atoms. The largest absolute Gasteiger partial charge is 0.748 e. The summed E-state index contributed by atoms with van der Waals surface area (Å²) in [7, 11) is -4.14. The summed E-state index contributed by atoms with van der Waals surface area (Å²) >= 11 is 0. The molecule has 0 unspecified atom stereocenters. The van der Waals surface area contributed by atoms with Gasteiger partial charge in [0.15, 0.2) is 0 Å². The molecule has 0 aliphatic carbocycles. The summed E-state index contributed by atoms with van der Waals surface area (Å²) in [6, 6.07) is 0. The number of hydrogen-bond acceptors (Lipinski definition) is 4. The molecule has 1 amide bonds. The molecule has 0 aliphatic heterocycles. The van der Waals surface area contributed by atoms with Crippen LogP contribution in [0.2, 0.25) is 0 Å². The fourth-order valence-electron chi connectivity index (χ4n) is 0.792. The van der Waals surface area contributed by atoms with E-state index in [0.717, 1.165) is 6.42 Å². The van der Waals surface area contributed by atoms with Crippen molar-refractivity contribution in [2.75, 3.05) is 12.3 Å². The summed E-state index contributed by atoms with van der Waals surface area (Å²) < 4.78 is 30.4. The lowest BCUT2D eigenvalue weighted by molar-refractivity contribution is -0.121. The van der Waals surface area contributed by atoms with Crippen molar-refractivity contribution in [3.05, 3.63) is 0 Å². The first-order valence-electron chi connectivity index (χ1n) is 4.16. The number of carbonyl (C=O) groups is 1. The Balaban J connectivity index is 3.41. The van der Waals surface area contributed by atoms with Crippen molar-refractivity contribution >= 4 is 16.0 Å². The maximum atomic E-state index is 10.8. The smallest absolute Gasteiger partial charge is 0.219 e. The Hall–Kier alpha value is -0.620. The second kappa shape index (κ2) is 5.93. The SMILES string of the molecule is CCCC(=O)NCCCS(=O)(=O)[O-]. The van der Waals surface area contributed by atoms with Gasteiger partial charge < -0.3 is 9.87 Å². The molecular formula is C7H14NO4S-. The molecule has 6 heteroatoms.